The summed E-state index contributed by atoms with van der Waals surface area (Å²) in [6.45, 7) is 6.76. The first-order valence-electron chi connectivity index (χ1n) is 7.58. The number of rotatable bonds is 4. The second-order valence-corrected chi connectivity index (χ2v) is 7.88. The van der Waals surface area contributed by atoms with Crippen LogP contribution >= 0.6 is 0 Å². The first-order chi connectivity index (χ1) is 9.84. The van der Waals surface area contributed by atoms with E-state index < -0.39 is 22.2 Å². The van der Waals surface area contributed by atoms with Gasteiger partial charge in [0.1, 0.15) is 6.04 Å². The number of aliphatic carboxylic acids is 1. The monoisotopic (exact) mass is 319 g/mol. The zero-order valence-electron chi connectivity index (χ0n) is 12.7. The van der Waals surface area contributed by atoms with E-state index in [1.54, 1.807) is 0 Å². The highest BCUT2D eigenvalue weighted by atomic mass is 32.2. The second kappa shape index (κ2) is 6.60. The zero-order valence-corrected chi connectivity index (χ0v) is 13.5. The van der Waals surface area contributed by atoms with E-state index >= 15 is 0 Å². The van der Waals surface area contributed by atoms with E-state index in [1.807, 2.05) is 0 Å². The van der Waals surface area contributed by atoms with Crippen LogP contribution in [0.1, 0.15) is 33.1 Å². The van der Waals surface area contributed by atoms with Crippen LogP contribution in [0.2, 0.25) is 0 Å². The Balaban J connectivity index is 2.09. The van der Waals surface area contributed by atoms with Crippen LogP contribution in [0, 0.1) is 0 Å². The maximum Gasteiger partial charge on any atom is 0.322 e. The first kappa shape index (κ1) is 16.7. The maximum absolute atomic E-state index is 12.7. The van der Waals surface area contributed by atoms with Crippen molar-refractivity contribution in [2.75, 3.05) is 32.7 Å². The molecule has 0 aromatic heterocycles. The third-order valence-corrected chi connectivity index (χ3v) is 6.41. The van der Waals surface area contributed by atoms with Gasteiger partial charge in [-0.05, 0) is 33.1 Å². The van der Waals surface area contributed by atoms with Crippen LogP contribution in [-0.2, 0) is 15.0 Å². The number of nitrogens with zero attached hydrogens (tertiary/aromatic N) is 3. The Labute approximate surface area is 126 Å². The summed E-state index contributed by atoms with van der Waals surface area (Å²) in [6.07, 6.45) is 1.90. The molecule has 0 aromatic rings. The smallest absolute Gasteiger partial charge is 0.322 e. The fourth-order valence-electron chi connectivity index (χ4n) is 3.03. The van der Waals surface area contributed by atoms with Gasteiger partial charge in [-0.3, -0.25) is 9.69 Å². The zero-order chi connectivity index (χ0) is 15.6. The van der Waals surface area contributed by atoms with Crippen LogP contribution in [0.25, 0.3) is 0 Å². The molecule has 122 valence electrons. The summed E-state index contributed by atoms with van der Waals surface area (Å²) < 4.78 is 28.0. The van der Waals surface area contributed by atoms with Gasteiger partial charge in [-0.1, -0.05) is 0 Å². The molecule has 0 aliphatic carbocycles. The van der Waals surface area contributed by atoms with Crippen molar-refractivity contribution in [3.05, 3.63) is 0 Å². The lowest BCUT2D eigenvalue weighted by atomic mass is 10.1. The Hall–Kier alpha value is -0.700. The average molecular weight is 319 g/mol. The Bertz CT molecular complexity index is 472. The fourth-order valence-corrected chi connectivity index (χ4v) is 4.83. The molecule has 1 N–H and O–H groups in total. The molecule has 2 rings (SSSR count). The molecule has 2 aliphatic rings. The number of carbonyl (C=O) groups is 1. The van der Waals surface area contributed by atoms with Gasteiger partial charge < -0.3 is 5.11 Å². The van der Waals surface area contributed by atoms with E-state index in [2.05, 4.69) is 18.7 Å². The molecule has 1 unspecified atom stereocenters. The third-order valence-electron chi connectivity index (χ3n) is 4.36. The number of piperazine rings is 1. The molecular formula is C13H25N3O4S. The highest BCUT2D eigenvalue weighted by molar-refractivity contribution is 7.86. The normalized spacial score (nSPS) is 27.1. The Morgan fingerprint density at radius 1 is 1.10 bits per heavy atom. The van der Waals surface area contributed by atoms with Crippen LogP contribution in [0.15, 0.2) is 0 Å². The average Bonchev–Trinajstić information content (AvgIpc) is 2.47. The number of piperidine rings is 1. The predicted octanol–water partition coefficient (Wildman–Crippen LogP) is 0.196. The van der Waals surface area contributed by atoms with Crippen LogP contribution in [-0.4, -0.2) is 77.8 Å². The summed E-state index contributed by atoms with van der Waals surface area (Å²) in [5.74, 6) is -1.04. The Kier molecular flexibility index (Phi) is 5.24. The van der Waals surface area contributed by atoms with Crippen molar-refractivity contribution in [1.82, 2.24) is 13.5 Å². The number of hydrogen-bond acceptors (Lipinski definition) is 4. The lowest BCUT2D eigenvalue weighted by Gasteiger charge is -2.40. The standard InChI is InChI=1S/C13H25N3O4S/c1-11(2)14-7-9-15(10-8-14)21(19,20)16-6-4-3-5-12(16)13(17)18/h11-12H,3-10H2,1-2H3,(H,17,18). The minimum Gasteiger partial charge on any atom is -0.480 e. The van der Waals surface area contributed by atoms with Gasteiger partial charge in [-0.25, -0.2) is 0 Å². The lowest BCUT2D eigenvalue weighted by Crippen LogP contribution is -2.58. The molecule has 0 spiro atoms. The van der Waals surface area contributed by atoms with Crippen molar-refractivity contribution < 1.29 is 18.3 Å². The van der Waals surface area contributed by atoms with Crippen molar-refractivity contribution in [2.24, 2.45) is 0 Å². The van der Waals surface area contributed by atoms with Gasteiger partial charge in [-0.2, -0.15) is 17.0 Å². The molecule has 2 aliphatic heterocycles. The molecule has 0 aromatic carbocycles. The molecule has 2 heterocycles. The molecule has 2 saturated heterocycles. The Morgan fingerprint density at radius 2 is 1.71 bits per heavy atom. The molecule has 0 radical (unpaired) electrons. The van der Waals surface area contributed by atoms with Crippen molar-refractivity contribution in [2.45, 2.75) is 45.2 Å². The second-order valence-electron chi connectivity index (χ2n) is 6.00. The molecule has 0 saturated carbocycles. The van der Waals surface area contributed by atoms with Crippen LogP contribution in [0.4, 0.5) is 0 Å². The van der Waals surface area contributed by atoms with Crippen molar-refractivity contribution in [3.8, 4) is 0 Å². The third kappa shape index (κ3) is 3.56. The minimum atomic E-state index is -3.67. The van der Waals surface area contributed by atoms with Gasteiger partial charge in [0, 0.05) is 38.8 Å². The summed E-state index contributed by atoms with van der Waals surface area (Å²) in [6, 6.07) is -0.511. The van der Waals surface area contributed by atoms with Crippen LogP contribution in [0.3, 0.4) is 0 Å². The summed E-state index contributed by atoms with van der Waals surface area (Å²) in [5.41, 5.74) is 0. The van der Waals surface area contributed by atoms with Crippen molar-refractivity contribution in [1.29, 1.82) is 0 Å². The molecule has 8 heteroatoms. The highest BCUT2D eigenvalue weighted by Gasteiger charge is 2.40. The largest absolute Gasteiger partial charge is 0.480 e. The number of hydrogen-bond donors (Lipinski definition) is 1. The lowest BCUT2D eigenvalue weighted by molar-refractivity contribution is -0.142. The van der Waals surface area contributed by atoms with E-state index in [4.69, 9.17) is 0 Å². The molecule has 1 atom stereocenters. The van der Waals surface area contributed by atoms with Crippen LogP contribution < -0.4 is 0 Å². The first-order valence-corrected chi connectivity index (χ1v) is 8.97. The fraction of sp³-hybridized carbons (Fsp3) is 0.923. The molecule has 21 heavy (non-hydrogen) atoms. The van der Waals surface area contributed by atoms with E-state index in [-0.39, 0.29) is 0 Å². The van der Waals surface area contributed by atoms with E-state index in [0.29, 0.717) is 45.2 Å². The van der Waals surface area contributed by atoms with E-state index in [9.17, 15) is 18.3 Å². The SMILES string of the molecule is CC(C)N1CCN(S(=O)(=O)N2CCCCC2C(=O)O)CC1. The predicted molar refractivity (Wildman–Crippen MR) is 79.2 cm³/mol. The highest BCUT2D eigenvalue weighted by Crippen LogP contribution is 2.24. The molecule has 2 fully saturated rings. The molecule has 7 nitrogen and oxygen atoms in total. The quantitative estimate of drug-likeness (QED) is 0.800. The van der Waals surface area contributed by atoms with Gasteiger partial charge in [0.05, 0.1) is 0 Å². The van der Waals surface area contributed by atoms with E-state index in [0.717, 1.165) is 12.8 Å². The van der Waals surface area contributed by atoms with Gasteiger partial charge >= 0.3 is 5.97 Å². The van der Waals surface area contributed by atoms with Crippen molar-refractivity contribution >= 4 is 16.2 Å². The summed E-state index contributed by atoms with van der Waals surface area (Å²) in [7, 11) is -3.67. The van der Waals surface area contributed by atoms with Gasteiger partial charge in [-0.15, -0.1) is 0 Å². The Morgan fingerprint density at radius 3 is 2.24 bits per heavy atom. The number of carboxylic acids is 1. The molecular weight excluding hydrogens is 294 g/mol. The summed E-state index contributed by atoms with van der Waals surface area (Å²) in [5, 5.41) is 9.25. The molecule has 0 amide bonds. The summed E-state index contributed by atoms with van der Waals surface area (Å²) in [4.78, 5) is 13.5. The van der Waals surface area contributed by atoms with E-state index in [1.165, 1.54) is 8.61 Å². The van der Waals surface area contributed by atoms with Gasteiger partial charge in [0.2, 0.25) is 0 Å². The summed E-state index contributed by atoms with van der Waals surface area (Å²) >= 11 is 0. The number of carboxylic acid groups (broad SMARTS) is 1. The topological polar surface area (TPSA) is 81.2 Å². The maximum atomic E-state index is 12.7. The van der Waals surface area contributed by atoms with Crippen molar-refractivity contribution in [3.63, 3.8) is 0 Å². The van der Waals surface area contributed by atoms with Crippen LogP contribution in [0.5, 0.6) is 0 Å². The van der Waals surface area contributed by atoms with Gasteiger partial charge in [0.25, 0.3) is 10.2 Å². The minimum absolute atomic E-state index is 0.309. The van der Waals surface area contributed by atoms with Gasteiger partial charge in [0.15, 0.2) is 0 Å². The molecule has 0 bridgehead atoms.